The van der Waals surface area contributed by atoms with Crippen molar-refractivity contribution in [1.29, 1.82) is 0 Å². The molecule has 14 heavy (non-hydrogen) atoms. The van der Waals surface area contributed by atoms with Gasteiger partial charge < -0.3 is 5.11 Å². The van der Waals surface area contributed by atoms with Crippen LogP contribution in [0.4, 0.5) is 0 Å². The van der Waals surface area contributed by atoms with Gasteiger partial charge in [-0.15, -0.1) is 0 Å². The fourth-order valence-corrected chi connectivity index (χ4v) is 1.44. The third-order valence-corrected chi connectivity index (χ3v) is 2.06. The number of carboxylic acids is 1. The van der Waals surface area contributed by atoms with Crippen LogP contribution in [-0.2, 0) is 11.5 Å². The van der Waals surface area contributed by atoms with Crippen LogP contribution in [0.5, 0.6) is 0 Å². The summed E-state index contributed by atoms with van der Waals surface area (Å²) in [5, 5.41) is 17.2. The molecule has 76 valence electrons. The van der Waals surface area contributed by atoms with Crippen LogP contribution in [0.25, 0.3) is 0 Å². The number of hydrogen-bond donors (Lipinski definition) is 2. The topological polar surface area (TPSA) is 66.8 Å². The summed E-state index contributed by atoms with van der Waals surface area (Å²) >= 11 is 0. The van der Waals surface area contributed by atoms with Gasteiger partial charge in [0.2, 0.25) is 0 Å². The van der Waals surface area contributed by atoms with E-state index in [1.807, 2.05) is 13.0 Å². The van der Waals surface area contributed by atoms with Crippen LogP contribution in [0.1, 0.15) is 27.0 Å². The number of carboxylic acid groups (broad SMARTS) is 1. The van der Waals surface area contributed by atoms with E-state index in [4.69, 9.17) is 10.4 Å². The second-order valence-electron chi connectivity index (χ2n) is 3.19. The molecule has 0 amide bonds. The zero-order chi connectivity index (χ0) is 10.7. The third kappa shape index (κ3) is 2.10. The Hall–Kier alpha value is -1.39. The van der Waals surface area contributed by atoms with Crippen molar-refractivity contribution in [3.8, 4) is 0 Å². The maximum Gasteiger partial charge on any atom is 0.336 e. The lowest BCUT2D eigenvalue weighted by atomic mass is 9.99. The van der Waals surface area contributed by atoms with Crippen LogP contribution < -0.4 is 0 Å². The lowest BCUT2D eigenvalue weighted by Gasteiger charge is -2.09. The number of hydrogen-bond acceptors (Lipinski definition) is 3. The second kappa shape index (κ2) is 4.21. The Morgan fingerprint density at radius 3 is 2.57 bits per heavy atom. The van der Waals surface area contributed by atoms with Crippen molar-refractivity contribution in [2.45, 2.75) is 20.5 Å². The van der Waals surface area contributed by atoms with Crippen LogP contribution in [0, 0.1) is 13.8 Å². The summed E-state index contributed by atoms with van der Waals surface area (Å²) in [6.07, 6.45) is 0. The number of rotatable bonds is 3. The molecule has 0 aliphatic heterocycles. The third-order valence-electron chi connectivity index (χ3n) is 2.06. The van der Waals surface area contributed by atoms with E-state index in [2.05, 4.69) is 4.89 Å². The van der Waals surface area contributed by atoms with Gasteiger partial charge in [0.05, 0.1) is 5.56 Å². The Morgan fingerprint density at radius 2 is 2.07 bits per heavy atom. The predicted molar refractivity (Wildman–Crippen MR) is 50.3 cm³/mol. The van der Waals surface area contributed by atoms with Gasteiger partial charge in [-0.1, -0.05) is 6.07 Å². The molecule has 4 nitrogen and oxygen atoms in total. The first-order valence-electron chi connectivity index (χ1n) is 4.16. The summed E-state index contributed by atoms with van der Waals surface area (Å²) in [7, 11) is 0. The normalized spacial score (nSPS) is 10.2. The summed E-state index contributed by atoms with van der Waals surface area (Å²) in [4.78, 5) is 14.8. The van der Waals surface area contributed by atoms with Gasteiger partial charge in [-0.05, 0) is 36.6 Å². The highest BCUT2D eigenvalue weighted by Crippen LogP contribution is 2.17. The van der Waals surface area contributed by atoms with Gasteiger partial charge in [0.25, 0.3) is 0 Å². The zero-order valence-corrected chi connectivity index (χ0v) is 8.07. The second-order valence-corrected chi connectivity index (χ2v) is 3.19. The molecule has 0 fully saturated rings. The largest absolute Gasteiger partial charge is 0.478 e. The van der Waals surface area contributed by atoms with Crippen molar-refractivity contribution in [3.63, 3.8) is 0 Å². The van der Waals surface area contributed by atoms with Gasteiger partial charge in [0.15, 0.2) is 0 Å². The molecule has 0 aliphatic carbocycles. The average Bonchev–Trinajstić information content (AvgIpc) is 2.09. The molecule has 0 saturated heterocycles. The molecule has 0 unspecified atom stereocenters. The van der Waals surface area contributed by atoms with Crippen molar-refractivity contribution >= 4 is 5.97 Å². The summed E-state index contributed by atoms with van der Waals surface area (Å²) in [6.45, 7) is 3.50. The Bertz CT molecular complexity index is 357. The van der Waals surface area contributed by atoms with Crippen LogP contribution in [0.3, 0.4) is 0 Å². The van der Waals surface area contributed by atoms with Crippen LogP contribution in [0.15, 0.2) is 12.1 Å². The highest BCUT2D eigenvalue weighted by Gasteiger charge is 2.13. The minimum Gasteiger partial charge on any atom is -0.478 e. The molecule has 0 aromatic heterocycles. The van der Waals surface area contributed by atoms with E-state index in [0.29, 0.717) is 5.56 Å². The summed E-state index contributed by atoms with van der Waals surface area (Å²) in [5.41, 5.74) is 2.36. The number of carbonyl (C=O) groups is 1. The minimum absolute atomic E-state index is 0.103. The molecule has 0 aliphatic rings. The van der Waals surface area contributed by atoms with Crippen molar-refractivity contribution in [2.75, 3.05) is 0 Å². The molecule has 1 aromatic carbocycles. The van der Waals surface area contributed by atoms with Crippen molar-refractivity contribution in [2.24, 2.45) is 0 Å². The van der Waals surface area contributed by atoms with E-state index in [-0.39, 0.29) is 12.2 Å². The number of benzene rings is 1. The molecule has 0 bridgehead atoms. The van der Waals surface area contributed by atoms with Crippen LogP contribution >= 0.6 is 0 Å². The fourth-order valence-electron chi connectivity index (χ4n) is 1.44. The van der Waals surface area contributed by atoms with E-state index in [1.54, 1.807) is 13.0 Å². The Morgan fingerprint density at radius 1 is 1.43 bits per heavy atom. The van der Waals surface area contributed by atoms with E-state index >= 15 is 0 Å². The summed E-state index contributed by atoms with van der Waals surface area (Å²) < 4.78 is 0. The van der Waals surface area contributed by atoms with E-state index < -0.39 is 5.97 Å². The Kier molecular flexibility index (Phi) is 3.22. The first kappa shape index (κ1) is 10.7. The monoisotopic (exact) mass is 196 g/mol. The number of aromatic carboxylic acids is 1. The molecule has 1 aromatic rings. The van der Waals surface area contributed by atoms with Crippen LogP contribution in [-0.4, -0.2) is 16.3 Å². The molecule has 0 atom stereocenters. The fraction of sp³-hybridized carbons (Fsp3) is 0.300. The first-order chi connectivity index (χ1) is 6.56. The molecule has 4 heteroatoms. The highest BCUT2D eigenvalue weighted by molar-refractivity contribution is 5.90. The maximum atomic E-state index is 10.9. The quantitative estimate of drug-likeness (QED) is 0.573. The summed E-state index contributed by atoms with van der Waals surface area (Å²) in [5.74, 6) is -1.01. The Balaban J connectivity index is 3.28. The number of aryl methyl sites for hydroxylation is 2. The first-order valence-corrected chi connectivity index (χ1v) is 4.16. The molecule has 0 saturated carbocycles. The summed E-state index contributed by atoms with van der Waals surface area (Å²) in [6, 6.07) is 3.41. The minimum atomic E-state index is -1.01. The van der Waals surface area contributed by atoms with Gasteiger partial charge >= 0.3 is 5.97 Å². The smallest absolute Gasteiger partial charge is 0.336 e. The van der Waals surface area contributed by atoms with Crippen molar-refractivity contribution < 1.29 is 20.0 Å². The van der Waals surface area contributed by atoms with Gasteiger partial charge in [-0.2, -0.15) is 0 Å². The lowest BCUT2D eigenvalue weighted by molar-refractivity contribution is -0.253. The SMILES string of the molecule is Cc1cc(C)c(COO)c(C(=O)O)c1. The van der Waals surface area contributed by atoms with Crippen LogP contribution in [0.2, 0.25) is 0 Å². The standard InChI is InChI=1S/C10H12O4/c1-6-3-7(2)9(5-14-13)8(4-6)10(11)12/h3-4,13H,5H2,1-2H3,(H,11,12). The molecule has 0 heterocycles. The molecular weight excluding hydrogens is 184 g/mol. The molecule has 2 N–H and O–H groups in total. The Labute approximate surface area is 81.7 Å². The highest BCUT2D eigenvalue weighted by atomic mass is 17.1. The maximum absolute atomic E-state index is 10.9. The van der Waals surface area contributed by atoms with Crippen molar-refractivity contribution in [3.05, 3.63) is 34.4 Å². The zero-order valence-electron chi connectivity index (χ0n) is 8.07. The van der Waals surface area contributed by atoms with Gasteiger partial charge in [-0.25, -0.2) is 9.68 Å². The van der Waals surface area contributed by atoms with E-state index in [1.165, 1.54) is 0 Å². The van der Waals surface area contributed by atoms with E-state index in [0.717, 1.165) is 11.1 Å². The molecular formula is C10H12O4. The molecule has 0 radical (unpaired) electrons. The van der Waals surface area contributed by atoms with E-state index in [9.17, 15) is 4.79 Å². The lowest BCUT2D eigenvalue weighted by Crippen LogP contribution is -2.06. The molecule has 1 rings (SSSR count). The van der Waals surface area contributed by atoms with Gasteiger partial charge in [-0.3, -0.25) is 5.26 Å². The van der Waals surface area contributed by atoms with Crippen molar-refractivity contribution in [1.82, 2.24) is 0 Å². The van der Waals surface area contributed by atoms with Gasteiger partial charge in [0.1, 0.15) is 6.61 Å². The molecule has 0 spiro atoms. The predicted octanol–water partition coefficient (Wildman–Crippen LogP) is 1.99. The average molecular weight is 196 g/mol. The van der Waals surface area contributed by atoms with Gasteiger partial charge in [0, 0.05) is 0 Å².